The van der Waals surface area contributed by atoms with Gasteiger partial charge in [0.25, 0.3) is 11.6 Å². The molecule has 3 aromatic rings. The highest BCUT2D eigenvalue weighted by molar-refractivity contribution is 9.11. The third kappa shape index (κ3) is 7.74. The lowest BCUT2D eigenvalue weighted by Gasteiger charge is -2.13. The fraction of sp³-hybridized carbons (Fsp3) is 0.200. The molecule has 0 spiro atoms. The third-order valence-electron chi connectivity index (χ3n) is 4.94. The van der Waals surface area contributed by atoms with Gasteiger partial charge in [0.15, 0.2) is 17.2 Å². The molecule has 0 unspecified atom stereocenters. The predicted molar refractivity (Wildman–Crippen MR) is 150 cm³/mol. The Morgan fingerprint density at radius 2 is 1.72 bits per heavy atom. The molecule has 0 atom stereocenters. The molecule has 14 heteroatoms. The van der Waals surface area contributed by atoms with Crippen LogP contribution in [-0.4, -0.2) is 35.2 Å². The summed E-state index contributed by atoms with van der Waals surface area (Å²) in [5, 5.41) is 26.6. The van der Waals surface area contributed by atoms with Crippen molar-refractivity contribution in [1.29, 1.82) is 0 Å². The van der Waals surface area contributed by atoms with Crippen LogP contribution in [0.1, 0.15) is 36.2 Å². The van der Waals surface area contributed by atoms with Gasteiger partial charge in [0.2, 0.25) is 5.75 Å². The average Bonchev–Trinajstić information content (AvgIpc) is 2.89. The van der Waals surface area contributed by atoms with E-state index in [1.54, 1.807) is 30.3 Å². The van der Waals surface area contributed by atoms with Crippen LogP contribution in [-0.2, 0) is 0 Å². The lowest BCUT2D eigenvalue weighted by molar-refractivity contribution is -0.394. The molecule has 0 fully saturated rings. The number of hydrogen-bond acceptors (Lipinski definition) is 9. The van der Waals surface area contributed by atoms with Crippen molar-refractivity contribution >= 4 is 55.4 Å². The maximum Gasteiger partial charge on any atom is 0.318 e. The van der Waals surface area contributed by atoms with Crippen LogP contribution in [0.5, 0.6) is 23.0 Å². The Bertz CT molecular complexity index is 1430. The summed E-state index contributed by atoms with van der Waals surface area (Å²) in [5.41, 5.74) is 2.00. The topological polar surface area (TPSA) is 155 Å². The molecule has 1 amide bonds. The Morgan fingerprint density at radius 3 is 2.38 bits per heavy atom. The number of nitro benzene ring substituents is 2. The molecule has 204 valence electrons. The third-order valence-corrected chi connectivity index (χ3v) is 5.98. The number of nitrogens with zero attached hydrogens (tertiary/aromatic N) is 3. The molecule has 0 aliphatic rings. The van der Waals surface area contributed by atoms with Crippen LogP contribution < -0.4 is 19.6 Å². The number of halogens is 2. The SMILES string of the molecule is CCCOc1ccc(C(=O)N/N=C/c2cc(Br)cc(Br)c2Oc2ccc([N+](=O)[O-])cc2[N+](=O)[O-])cc1OCC. The highest BCUT2D eigenvalue weighted by atomic mass is 79.9. The fourth-order valence-electron chi connectivity index (χ4n) is 3.22. The van der Waals surface area contributed by atoms with E-state index in [2.05, 4.69) is 42.4 Å². The maximum atomic E-state index is 12.7. The molecule has 0 aromatic heterocycles. The minimum atomic E-state index is -0.780. The second-order valence-electron chi connectivity index (χ2n) is 7.72. The zero-order valence-electron chi connectivity index (χ0n) is 20.7. The van der Waals surface area contributed by atoms with Crippen LogP contribution >= 0.6 is 31.9 Å². The van der Waals surface area contributed by atoms with Crippen LogP contribution in [0, 0.1) is 20.2 Å². The largest absolute Gasteiger partial charge is 0.490 e. The Morgan fingerprint density at radius 1 is 0.974 bits per heavy atom. The summed E-state index contributed by atoms with van der Waals surface area (Å²) in [6.45, 7) is 4.69. The molecule has 0 saturated carbocycles. The number of hydrogen-bond donors (Lipinski definition) is 1. The number of nitro groups is 2. The number of ether oxygens (including phenoxy) is 3. The van der Waals surface area contributed by atoms with Gasteiger partial charge in [-0.3, -0.25) is 25.0 Å². The van der Waals surface area contributed by atoms with Crippen LogP contribution in [0.25, 0.3) is 0 Å². The van der Waals surface area contributed by atoms with Gasteiger partial charge in [-0.2, -0.15) is 5.10 Å². The summed E-state index contributed by atoms with van der Waals surface area (Å²) < 4.78 is 18.1. The molecule has 3 rings (SSSR count). The number of rotatable bonds is 12. The summed E-state index contributed by atoms with van der Waals surface area (Å²) in [6.07, 6.45) is 2.11. The van der Waals surface area contributed by atoms with Gasteiger partial charge in [0.1, 0.15) is 0 Å². The zero-order valence-corrected chi connectivity index (χ0v) is 23.9. The molecule has 0 aliphatic carbocycles. The second-order valence-corrected chi connectivity index (χ2v) is 9.49. The van der Waals surface area contributed by atoms with E-state index in [4.69, 9.17) is 14.2 Å². The van der Waals surface area contributed by atoms with Crippen LogP contribution in [0.4, 0.5) is 11.4 Å². The molecule has 12 nitrogen and oxygen atoms in total. The molecule has 0 aliphatic heterocycles. The van der Waals surface area contributed by atoms with Gasteiger partial charge in [0, 0.05) is 21.7 Å². The van der Waals surface area contributed by atoms with Gasteiger partial charge in [0.05, 0.1) is 39.8 Å². The summed E-state index contributed by atoms with van der Waals surface area (Å²) in [4.78, 5) is 33.8. The Hall–Kier alpha value is -4.04. The van der Waals surface area contributed by atoms with Crippen molar-refractivity contribution in [2.75, 3.05) is 13.2 Å². The van der Waals surface area contributed by atoms with Gasteiger partial charge >= 0.3 is 5.69 Å². The molecule has 1 N–H and O–H groups in total. The van der Waals surface area contributed by atoms with Gasteiger partial charge in [-0.05, 0) is 65.7 Å². The van der Waals surface area contributed by atoms with E-state index in [1.165, 1.54) is 6.21 Å². The second kappa shape index (κ2) is 13.7. The number of benzene rings is 3. The molecule has 3 aromatic carbocycles. The first kappa shape index (κ1) is 29.5. The first-order chi connectivity index (χ1) is 18.6. The van der Waals surface area contributed by atoms with Crippen molar-refractivity contribution in [2.45, 2.75) is 20.3 Å². The van der Waals surface area contributed by atoms with E-state index >= 15 is 0 Å². The molecule has 0 saturated heterocycles. The quantitative estimate of drug-likeness (QED) is 0.126. The average molecular weight is 666 g/mol. The predicted octanol–water partition coefficient (Wildman–Crippen LogP) is 6.77. The fourth-order valence-corrected chi connectivity index (χ4v) is 4.56. The standard InChI is InChI=1S/C25H22Br2N4O8/c1-3-9-38-22-7-5-15(11-23(22)37-4-2)25(32)29-28-14-16-10-17(26)12-19(27)24(16)39-21-8-6-18(30(33)34)13-20(21)31(35)36/h5-8,10-14H,3-4,9H2,1-2H3,(H,29,32)/b28-14+. The monoisotopic (exact) mass is 664 g/mol. The van der Waals surface area contributed by atoms with Gasteiger partial charge in [-0.15, -0.1) is 0 Å². The Balaban J connectivity index is 1.86. The van der Waals surface area contributed by atoms with Crippen molar-refractivity contribution in [3.8, 4) is 23.0 Å². The first-order valence-electron chi connectivity index (χ1n) is 11.5. The van der Waals surface area contributed by atoms with E-state index in [0.29, 0.717) is 39.2 Å². The van der Waals surface area contributed by atoms with E-state index in [9.17, 15) is 25.0 Å². The molecular weight excluding hydrogens is 644 g/mol. The maximum absolute atomic E-state index is 12.7. The number of carbonyl (C=O) groups is 1. The van der Waals surface area contributed by atoms with Crippen molar-refractivity contribution in [3.05, 3.63) is 88.8 Å². The molecular formula is C25H22Br2N4O8. The van der Waals surface area contributed by atoms with Gasteiger partial charge in [-0.1, -0.05) is 22.9 Å². The van der Waals surface area contributed by atoms with E-state index in [1.807, 2.05) is 13.8 Å². The minimum absolute atomic E-state index is 0.129. The Labute approximate surface area is 239 Å². The van der Waals surface area contributed by atoms with Crippen LogP contribution in [0.3, 0.4) is 0 Å². The molecule has 0 bridgehead atoms. The highest BCUT2D eigenvalue weighted by Crippen LogP contribution is 2.40. The zero-order chi connectivity index (χ0) is 28.5. The minimum Gasteiger partial charge on any atom is -0.490 e. The van der Waals surface area contributed by atoms with Crippen molar-refractivity contribution in [1.82, 2.24) is 5.43 Å². The number of amides is 1. The van der Waals surface area contributed by atoms with Gasteiger partial charge < -0.3 is 14.2 Å². The van der Waals surface area contributed by atoms with E-state index in [0.717, 1.165) is 24.6 Å². The van der Waals surface area contributed by atoms with Crippen molar-refractivity contribution < 1.29 is 28.9 Å². The van der Waals surface area contributed by atoms with Crippen molar-refractivity contribution in [2.24, 2.45) is 5.10 Å². The summed E-state index contributed by atoms with van der Waals surface area (Å²) >= 11 is 6.71. The number of non-ortho nitro benzene ring substituents is 1. The summed E-state index contributed by atoms with van der Waals surface area (Å²) in [5.74, 6) is 0.348. The van der Waals surface area contributed by atoms with Crippen molar-refractivity contribution in [3.63, 3.8) is 0 Å². The lowest BCUT2D eigenvalue weighted by Crippen LogP contribution is -2.18. The lowest BCUT2D eigenvalue weighted by atomic mass is 10.2. The van der Waals surface area contributed by atoms with E-state index < -0.39 is 27.1 Å². The number of nitrogens with one attached hydrogen (secondary N) is 1. The van der Waals surface area contributed by atoms with Crippen LogP contribution in [0.15, 0.2) is 62.6 Å². The first-order valence-corrected chi connectivity index (χ1v) is 13.1. The van der Waals surface area contributed by atoms with Gasteiger partial charge in [-0.25, -0.2) is 5.43 Å². The molecule has 0 heterocycles. The highest BCUT2D eigenvalue weighted by Gasteiger charge is 2.23. The smallest absolute Gasteiger partial charge is 0.318 e. The summed E-state index contributed by atoms with van der Waals surface area (Å²) in [6, 6.07) is 11.1. The molecule has 39 heavy (non-hydrogen) atoms. The summed E-state index contributed by atoms with van der Waals surface area (Å²) in [7, 11) is 0. The Kier molecular flexibility index (Phi) is 10.3. The normalized spacial score (nSPS) is 10.8. The van der Waals surface area contributed by atoms with E-state index in [-0.39, 0.29) is 17.1 Å². The van der Waals surface area contributed by atoms with Crippen LogP contribution in [0.2, 0.25) is 0 Å². The number of hydrazone groups is 1. The number of carbonyl (C=O) groups excluding carboxylic acids is 1. The molecule has 0 radical (unpaired) electrons.